The lowest BCUT2D eigenvalue weighted by Gasteiger charge is -2.18. The number of sulfonamides is 1. The summed E-state index contributed by atoms with van der Waals surface area (Å²) in [5, 5.41) is 4.67. The molecule has 0 aliphatic carbocycles. The molecule has 1 aliphatic rings. The molecule has 0 unspecified atom stereocenters. The van der Waals surface area contributed by atoms with Gasteiger partial charge in [0.25, 0.3) is 0 Å². The summed E-state index contributed by atoms with van der Waals surface area (Å²) in [5.41, 5.74) is 1.55. The first-order valence-corrected chi connectivity index (χ1v) is 9.30. The van der Waals surface area contributed by atoms with E-state index in [1.54, 1.807) is 12.1 Å². The first kappa shape index (κ1) is 15.2. The summed E-state index contributed by atoms with van der Waals surface area (Å²) in [6.07, 6.45) is 0.945. The molecule has 3 rings (SSSR count). The number of thiophene rings is 1. The van der Waals surface area contributed by atoms with Crippen LogP contribution in [0.3, 0.4) is 0 Å². The molecule has 0 saturated heterocycles. The molecule has 2 aromatic rings. The summed E-state index contributed by atoms with van der Waals surface area (Å²) in [6, 6.07) is 8.33. The highest BCUT2D eigenvalue weighted by Gasteiger charge is 2.22. The minimum atomic E-state index is -3.59. The number of fused-ring (bicyclic) bond motifs is 1. The molecule has 22 heavy (non-hydrogen) atoms. The van der Waals surface area contributed by atoms with Crippen LogP contribution in [0.15, 0.2) is 40.6 Å². The monoisotopic (exact) mass is 336 g/mol. The van der Waals surface area contributed by atoms with Gasteiger partial charge in [-0.2, -0.15) is 0 Å². The van der Waals surface area contributed by atoms with Crippen LogP contribution in [0, 0.1) is 0 Å². The molecule has 116 valence electrons. The van der Waals surface area contributed by atoms with E-state index < -0.39 is 10.0 Å². The topological polar surface area (TPSA) is 75.3 Å². The second-order valence-corrected chi connectivity index (χ2v) is 7.92. The van der Waals surface area contributed by atoms with E-state index in [2.05, 4.69) is 10.0 Å². The number of carbonyl (C=O) groups excluding carboxylic acids is 1. The van der Waals surface area contributed by atoms with Crippen LogP contribution in [-0.4, -0.2) is 14.3 Å². The van der Waals surface area contributed by atoms with Crippen LogP contribution in [-0.2, 0) is 21.2 Å². The van der Waals surface area contributed by atoms with Crippen molar-refractivity contribution in [3.05, 3.63) is 46.2 Å². The molecule has 0 radical (unpaired) electrons. The molecule has 1 aromatic heterocycles. The van der Waals surface area contributed by atoms with Crippen molar-refractivity contribution >= 4 is 33.0 Å². The third kappa shape index (κ3) is 3.06. The first-order chi connectivity index (χ1) is 10.5. The van der Waals surface area contributed by atoms with Crippen LogP contribution in [0.4, 0.5) is 5.69 Å². The Morgan fingerprint density at radius 1 is 1.27 bits per heavy atom. The van der Waals surface area contributed by atoms with Gasteiger partial charge in [0.1, 0.15) is 0 Å². The Kier molecular flexibility index (Phi) is 4.03. The van der Waals surface area contributed by atoms with Crippen LogP contribution in [0.5, 0.6) is 0 Å². The molecule has 0 saturated carbocycles. The summed E-state index contributed by atoms with van der Waals surface area (Å²) < 4.78 is 27.7. The summed E-state index contributed by atoms with van der Waals surface area (Å²) >= 11 is 1.52. The van der Waals surface area contributed by atoms with Crippen molar-refractivity contribution in [2.24, 2.45) is 0 Å². The van der Waals surface area contributed by atoms with E-state index in [4.69, 9.17) is 0 Å². The Morgan fingerprint density at radius 2 is 2.09 bits per heavy atom. The number of aryl methyl sites for hydroxylation is 1. The Balaban J connectivity index is 1.85. The smallest absolute Gasteiger partial charge is 0.241 e. The fraction of sp³-hybridized carbons (Fsp3) is 0.267. The number of carbonyl (C=O) groups is 1. The lowest BCUT2D eigenvalue weighted by Crippen LogP contribution is -2.27. The van der Waals surface area contributed by atoms with Crippen LogP contribution < -0.4 is 10.0 Å². The van der Waals surface area contributed by atoms with Crippen molar-refractivity contribution < 1.29 is 13.2 Å². The quantitative estimate of drug-likeness (QED) is 0.901. The first-order valence-electron chi connectivity index (χ1n) is 6.94. The highest BCUT2D eigenvalue weighted by atomic mass is 32.2. The number of hydrogen-bond donors (Lipinski definition) is 2. The highest BCUT2D eigenvalue weighted by molar-refractivity contribution is 7.89. The molecule has 2 N–H and O–H groups in total. The van der Waals surface area contributed by atoms with Gasteiger partial charge in [-0.15, -0.1) is 11.3 Å². The largest absolute Gasteiger partial charge is 0.326 e. The van der Waals surface area contributed by atoms with Crippen molar-refractivity contribution in [1.29, 1.82) is 0 Å². The molecular formula is C15H16N2O3S2. The van der Waals surface area contributed by atoms with E-state index in [1.165, 1.54) is 17.4 Å². The molecule has 0 fully saturated rings. The number of anilines is 1. The normalized spacial score (nSPS) is 16.0. The van der Waals surface area contributed by atoms with Gasteiger partial charge in [0.05, 0.1) is 10.9 Å². The SMILES string of the molecule is C[C@H](NS(=O)(=O)c1ccc2c(c1)CCC(=O)N2)c1cccs1. The number of benzene rings is 1. The molecule has 0 bridgehead atoms. The molecule has 1 aromatic carbocycles. The fourth-order valence-electron chi connectivity index (χ4n) is 2.42. The zero-order valence-electron chi connectivity index (χ0n) is 12.0. The predicted octanol–water partition coefficient (Wildman–Crippen LogP) is 2.67. The summed E-state index contributed by atoms with van der Waals surface area (Å²) in [7, 11) is -3.59. The molecule has 1 atom stereocenters. The van der Waals surface area contributed by atoms with Crippen LogP contribution in [0.1, 0.15) is 29.8 Å². The molecule has 0 spiro atoms. The van der Waals surface area contributed by atoms with Gasteiger partial charge < -0.3 is 5.32 Å². The van der Waals surface area contributed by atoms with Crippen molar-refractivity contribution in [2.45, 2.75) is 30.7 Å². The third-order valence-corrected chi connectivity index (χ3v) is 6.18. The average Bonchev–Trinajstić information content (AvgIpc) is 3.00. The molecule has 1 aliphatic heterocycles. The van der Waals surface area contributed by atoms with Crippen LogP contribution >= 0.6 is 11.3 Å². The zero-order chi connectivity index (χ0) is 15.7. The second-order valence-electron chi connectivity index (χ2n) is 5.23. The Bertz CT molecular complexity index is 798. The molecule has 2 heterocycles. The Labute approximate surface area is 133 Å². The van der Waals surface area contributed by atoms with Gasteiger partial charge in [-0.3, -0.25) is 4.79 Å². The second kappa shape index (κ2) is 5.83. The number of amides is 1. The van der Waals surface area contributed by atoms with E-state index >= 15 is 0 Å². The molecule has 5 nitrogen and oxygen atoms in total. The third-order valence-electron chi connectivity index (χ3n) is 3.58. The highest BCUT2D eigenvalue weighted by Crippen LogP contribution is 2.27. The maximum absolute atomic E-state index is 12.5. The van der Waals surface area contributed by atoms with Gasteiger partial charge in [-0.1, -0.05) is 6.07 Å². The summed E-state index contributed by atoms with van der Waals surface area (Å²) in [6.45, 7) is 1.82. The van der Waals surface area contributed by atoms with E-state index in [1.807, 2.05) is 24.4 Å². The molecule has 1 amide bonds. The van der Waals surface area contributed by atoms with Crippen molar-refractivity contribution in [1.82, 2.24) is 4.72 Å². The van der Waals surface area contributed by atoms with E-state index in [9.17, 15) is 13.2 Å². The number of hydrogen-bond acceptors (Lipinski definition) is 4. The number of nitrogens with one attached hydrogen (secondary N) is 2. The lowest BCUT2D eigenvalue weighted by molar-refractivity contribution is -0.116. The molecule has 7 heteroatoms. The van der Waals surface area contributed by atoms with E-state index in [0.717, 1.165) is 10.4 Å². The van der Waals surface area contributed by atoms with Crippen molar-refractivity contribution in [3.63, 3.8) is 0 Å². The van der Waals surface area contributed by atoms with Gasteiger partial charge in [0.15, 0.2) is 0 Å². The lowest BCUT2D eigenvalue weighted by atomic mass is 10.0. The zero-order valence-corrected chi connectivity index (χ0v) is 13.6. The van der Waals surface area contributed by atoms with Crippen LogP contribution in [0.25, 0.3) is 0 Å². The fourth-order valence-corrected chi connectivity index (χ4v) is 4.51. The standard InChI is InChI=1S/C15H16N2O3S2/c1-10(14-3-2-8-21-14)17-22(19,20)12-5-6-13-11(9-12)4-7-15(18)16-13/h2-3,5-6,8-10,17H,4,7H2,1H3,(H,16,18)/t10-/m0/s1. The minimum Gasteiger partial charge on any atom is -0.326 e. The van der Waals surface area contributed by atoms with Crippen LogP contribution in [0.2, 0.25) is 0 Å². The van der Waals surface area contributed by atoms with Gasteiger partial charge in [0, 0.05) is 17.0 Å². The minimum absolute atomic E-state index is 0.0347. The van der Waals surface area contributed by atoms with Gasteiger partial charge in [-0.05, 0) is 48.6 Å². The summed E-state index contributed by atoms with van der Waals surface area (Å²) in [4.78, 5) is 12.5. The van der Waals surface area contributed by atoms with E-state index in [0.29, 0.717) is 18.5 Å². The summed E-state index contributed by atoms with van der Waals surface area (Å²) in [5.74, 6) is -0.0347. The van der Waals surface area contributed by atoms with Gasteiger partial charge in [0.2, 0.25) is 15.9 Å². The Hall–Kier alpha value is -1.70. The van der Waals surface area contributed by atoms with Gasteiger partial charge >= 0.3 is 0 Å². The number of rotatable bonds is 4. The maximum atomic E-state index is 12.5. The molecular weight excluding hydrogens is 320 g/mol. The van der Waals surface area contributed by atoms with Gasteiger partial charge in [-0.25, -0.2) is 13.1 Å². The Morgan fingerprint density at radius 3 is 2.82 bits per heavy atom. The van der Waals surface area contributed by atoms with Crippen molar-refractivity contribution in [2.75, 3.05) is 5.32 Å². The van der Waals surface area contributed by atoms with Crippen molar-refractivity contribution in [3.8, 4) is 0 Å². The maximum Gasteiger partial charge on any atom is 0.241 e. The van der Waals surface area contributed by atoms with E-state index in [-0.39, 0.29) is 16.8 Å². The average molecular weight is 336 g/mol. The predicted molar refractivity (Wildman–Crippen MR) is 86.4 cm³/mol.